The highest BCUT2D eigenvalue weighted by atomic mass is 127. The van der Waals surface area contributed by atoms with Crippen molar-refractivity contribution >= 4 is 58.2 Å². The number of hydrogen-bond acceptors (Lipinski definition) is 5. The van der Waals surface area contributed by atoms with Gasteiger partial charge in [-0.1, -0.05) is 6.07 Å². The van der Waals surface area contributed by atoms with Crippen LogP contribution < -0.4 is 15.5 Å². The largest absolute Gasteiger partial charge is 0.356 e. The maximum Gasteiger partial charge on any atom is 0.191 e. The Labute approximate surface area is 198 Å². The van der Waals surface area contributed by atoms with Gasteiger partial charge in [-0.25, -0.2) is 9.37 Å². The number of benzene rings is 1. The van der Waals surface area contributed by atoms with Crippen LogP contribution in [0, 0.1) is 5.82 Å². The van der Waals surface area contributed by atoms with E-state index in [2.05, 4.69) is 25.9 Å². The molecule has 2 aromatic rings. The van der Waals surface area contributed by atoms with E-state index in [1.54, 1.807) is 36.2 Å². The number of rotatable bonds is 8. The first-order chi connectivity index (χ1) is 13.7. The van der Waals surface area contributed by atoms with Crippen LogP contribution in [-0.2, 0) is 18.7 Å². The molecule has 1 aromatic carbocycles. The van der Waals surface area contributed by atoms with Crippen LogP contribution in [0.2, 0.25) is 0 Å². The van der Waals surface area contributed by atoms with Gasteiger partial charge >= 0.3 is 0 Å². The lowest BCUT2D eigenvalue weighted by Gasteiger charge is -2.14. The summed E-state index contributed by atoms with van der Waals surface area (Å²) >= 11 is 3.43. The lowest BCUT2D eigenvalue weighted by atomic mass is 10.1. The molecule has 2 heterocycles. The normalized spacial score (nSPS) is 14.0. The van der Waals surface area contributed by atoms with Gasteiger partial charge in [0.25, 0.3) is 0 Å². The molecule has 2 N–H and O–H groups in total. The van der Waals surface area contributed by atoms with Gasteiger partial charge in [0.1, 0.15) is 5.82 Å². The summed E-state index contributed by atoms with van der Waals surface area (Å²) in [7, 11) is 1.76. The molecule has 1 aliphatic heterocycles. The van der Waals surface area contributed by atoms with Crippen LogP contribution in [0.3, 0.4) is 0 Å². The van der Waals surface area contributed by atoms with E-state index in [0.717, 1.165) is 59.7 Å². The Kier molecular flexibility index (Phi) is 10.5. The van der Waals surface area contributed by atoms with Crippen molar-refractivity contribution in [1.29, 1.82) is 0 Å². The number of aromatic nitrogens is 1. The van der Waals surface area contributed by atoms with Crippen LogP contribution in [-0.4, -0.2) is 43.9 Å². The predicted molar refractivity (Wildman–Crippen MR) is 135 cm³/mol. The van der Waals surface area contributed by atoms with Gasteiger partial charge < -0.3 is 15.5 Å². The fraction of sp³-hybridized carbons (Fsp3) is 0.500. The minimum absolute atomic E-state index is 0. The van der Waals surface area contributed by atoms with Crippen molar-refractivity contribution in [2.45, 2.75) is 31.6 Å². The maximum absolute atomic E-state index is 13.5. The Hall–Kier alpha value is -1.07. The molecule has 5 nitrogen and oxygen atoms in total. The van der Waals surface area contributed by atoms with E-state index in [0.29, 0.717) is 6.54 Å². The van der Waals surface area contributed by atoms with Gasteiger partial charge in [-0.15, -0.1) is 35.3 Å². The monoisotopic (exact) mass is 549 g/mol. The van der Waals surface area contributed by atoms with E-state index in [-0.39, 0.29) is 29.8 Å². The predicted octanol–water partition coefficient (Wildman–Crippen LogP) is 4.27. The topological polar surface area (TPSA) is 52.6 Å². The number of nitrogens with one attached hydrogen (secondary N) is 2. The van der Waals surface area contributed by atoms with Crippen LogP contribution >= 0.6 is 47.1 Å². The number of anilines is 1. The highest BCUT2D eigenvalue weighted by Crippen LogP contribution is 2.24. The Morgan fingerprint density at radius 2 is 2.07 bits per heavy atom. The molecule has 0 saturated carbocycles. The smallest absolute Gasteiger partial charge is 0.191 e. The summed E-state index contributed by atoms with van der Waals surface area (Å²) in [5, 5.41) is 9.96. The molecule has 9 heteroatoms. The average Bonchev–Trinajstić information content (AvgIpc) is 3.37. The third-order valence-corrected chi connectivity index (χ3v) is 6.28. The number of thioether (sulfide) groups is 1. The standard InChI is InChI=1S/C20H28FN5S2.HI/c1-22-19(24-12-15-5-6-17(21)11-16(15)13-27-2)23-8-7-18-14-28-20(25-18)26-9-3-4-10-26;/h5-6,11,14H,3-4,7-10,12-13H2,1-2H3,(H2,22,23,24);1H. The molecule has 0 unspecified atom stereocenters. The van der Waals surface area contributed by atoms with Crippen molar-refractivity contribution in [2.24, 2.45) is 4.99 Å². The van der Waals surface area contributed by atoms with Gasteiger partial charge in [0.15, 0.2) is 11.1 Å². The molecule has 0 amide bonds. The molecule has 0 atom stereocenters. The number of nitrogens with zero attached hydrogens (tertiary/aromatic N) is 3. The minimum atomic E-state index is -0.188. The van der Waals surface area contributed by atoms with E-state index >= 15 is 0 Å². The average molecular weight is 550 g/mol. The third kappa shape index (κ3) is 7.29. The van der Waals surface area contributed by atoms with Crippen molar-refractivity contribution in [3.8, 4) is 0 Å². The van der Waals surface area contributed by atoms with Crippen LogP contribution in [0.5, 0.6) is 0 Å². The van der Waals surface area contributed by atoms with E-state index in [1.165, 1.54) is 18.9 Å². The molecule has 3 rings (SSSR count). The summed E-state index contributed by atoms with van der Waals surface area (Å²) in [6.07, 6.45) is 5.42. The lowest BCUT2D eigenvalue weighted by Crippen LogP contribution is -2.38. The second-order valence-corrected chi connectivity index (χ2v) is 8.47. The van der Waals surface area contributed by atoms with Gasteiger partial charge in [-0.05, 0) is 42.4 Å². The van der Waals surface area contributed by atoms with E-state index in [1.807, 2.05) is 12.3 Å². The van der Waals surface area contributed by atoms with E-state index in [4.69, 9.17) is 4.98 Å². The Morgan fingerprint density at radius 1 is 1.28 bits per heavy atom. The first-order valence-corrected chi connectivity index (χ1v) is 11.9. The maximum atomic E-state index is 13.5. The van der Waals surface area contributed by atoms with Gasteiger partial charge in [-0.3, -0.25) is 4.99 Å². The molecule has 0 radical (unpaired) electrons. The van der Waals surface area contributed by atoms with Gasteiger partial charge in [0.2, 0.25) is 0 Å². The SMILES string of the molecule is CN=C(NCCc1csc(N2CCCC2)n1)NCc1ccc(F)cc1CSC.I. The molecule has 0 bridgehead atoms. The first kappa shape index (κ1) is 24.2. The Bertz CT molecular complexity index is 793. The molecule has 29 heavy (non-hydrogen) atoms. The van der Waals surface area contributed by atoms with Crippen molar-refractivity contribution < 1.29 is 4.39 Å². The first-order valence-electron chi connectivity index (χ1n) is 9.59. The lowest BCUT2D eigenvalue weighted by molar-refractivity contribution is 0.625. The van der Waals surface area contributed by atoms with Crippen LogP contribution in [0.4, 0.5) is 9.52 Å². The molecule has 0 spiro atoms. The molecule has 160 valence electrons. The quantitative estimate of drug-likeness (QED) is 0.293. The molecule has 1 aliphatic rings. The van der Waals surface area contributed by atoms with Crippen molar-refractivity contribution in [1.82, 2.24) is 15.6 Å². The number of guanidine groups is 1. The summed E-state index contributed by atoms with van der Waals surface area (Å²) in [6.45, 7) is 3.64. The minimum Gasteiger partial charge on any atom is -0.356 e. The summed E-state index contributed by atoms with van der Waals surface area (Å²) in [6, 6.07) is 4.97. The fourth-order valence-corrected chi connectivity index (χ4v) is 4.72. The number of halogens is 2. The molecule has 1 fully saturated rings. The molecular formula is C20H29FIN5S2. The molecular weight excluding hydrogens is 520 g/mol. The summed E-state index contributed by atoms with van der Waals surface area (Å²) in [4.78, 5) is 11.4. The zero-order chi connectivity index (χ0) is 19.8. The van der Waals surface area contributed by atoms with Crippen LogP contribution in [0.25, 0.3) is 0 Å². The highest BCUT2D eigenvalue weighted by molar-refractivity contribution is 14.0. The number of thiazole rings is 1. The second kappa shape index (κ2) is 12.6. The fourth-order valence-electron chi connectivity index (χ4n) is 3.23. The summed E-state index contributed by atoms with van der Waals surface area (Å²) in [5.74, 6) is 1.35. The second-order valence-electron chi connectivity index (χ2n) is 6.76. The van der Waals surface area contributed by atoms with Crippen molar-refractivity contribution in [2.75, 3.05) is 37.8 Å². The van der Waals surface area contributed by atoms with Crippen LogP contribution in [0.15, 0.2) is 28.6 Å². The molecule has 1 saturated heterocycles. The summed E-state index contributed by atoms with van der Waals surface area (Å²) in [5.41, 5.74) is 3.23. The third-order valence-electron chi connectivity index (χ3n) is 4.73. The van der Waals surface area contributed by atoms with Crippen molar-refractivity contribution in [3.63, 3.8) is 0 Å². The van der Waals surface area contributed by atoms with Crippen molar-refractivity contribution in [3.05, 3.63) is 46.2 Å². The zero-order valence-electron chi connectivity index (χ0n) is 16.9. The highest BCUT2D eigenvalue weighted by Gasteiger charge is 2.15. The van der Waals surface area contributed by atoms with Crippen LogP contribution in [0.1, 0.15) is 29.7 Å². The Morgan fingerprint density at radius 3 is 2.79 bits per heavy atom. The van der Waals surface area contributed by atoms with Gasteiger partial charge in [0.05, 0.1) is 5.69 Å². The summed E-state index contributed by atoms with van der Waals surface area (Å²) < 4.78 is 13.5. The van der Waals surface area contributed by atoms with Gasteiger partial charge in [-0.2, -0.15) is 11.8 Å². The van der Waals surface area contributed by atoms with E-state index < -0.39 is 0 Å². The number of hydrogen-bond donors (Lipinski definition) is 2. The van der Waals surface area contributed by atoms with Gasteiger partial charge in [0, 0.05) is 50.8 Å². The molecule has 1 aromatic heterocycles. The van der Waals surface area contributed by atoms with E-state index in [9.17, 15) is 4.39 Å². The molecule has 0 aliphatic carbocycles. The Balaban J connectivity index is 0.00000300. The number of aliphatic imine (C=N–C) groups is 1. The zero-order valence-corrected chi connectivity index (χ0v) is 20.9.